The fourth-order valence-corrected chi connectivity index (χ4v) is 2.12. The zero-order chi connectivity index (χ0) is 14.3. The van der Waals surface area contributed by atoms with Gasteiger partial charge in [-0.3, -0.25) is 9.00 Å². The minimum Gasteiger partial charge on any atom is -0.772 e. The topological polar surface area (TPSA) is 75.7 Å². The molecule has 0 rings (SSSR count). The molecule has 0 aliphatic rings. The maximum absolute atomic E-state index is 11.2. The van der Waals surface area contributed by atoms with Gasteiger partial charge in [-0.2, -0.15) is 0 Å². The molecule has 0 aromatic heterocycles. The summed E-state index contributed by atoms with van der Waals surface area (Å²) in [6.45, 7) is 0.774. The lowest BCUT2D eigenvalue weighted by atomic mass is 10.1. The molecule has 0 aliphatic heterocycles. The van der Waals surface area contributed by atoms with Crippen molar-refractivity contribution in [2.75, 3.05) is 26.1 Å². The van der Waals surface area contributed by atoms with Crippen LogP contribution < -0.4 is 0 Å². The van der Waals surface area contributed by atoms with Gasteiger partial charge in [-0.15, -0.1) is 0 Å². The van der Waals surface area contributed by atoms with Crippen LogP contribution in [-0.2, 0) is 25.3 Å². The summed E-state index contributed by atoms with van der Waals surface area (Å²) in [5.74, 6) is 0.114. The van der Waals surface area contributed by atoms with Crippen LogP contribution in [-0.4, -0.2) is 40.8 Å². The van der Waals surface area contributed by atoms with Crippen molar-refractivity contribution < 1.29 is 23.0 Å². The summed E-state index contributed by atoms with van der Waals surface area (Å²) in [5.41, 5.74) is 0. The summed E-state index contributed by atoms with van der Waals surface area (Å²) in [4.78, 5) is 11.2. The van der Waals surface area contributed by atoms with E-state index < -0.39 is 11.1 Å². The lowest BCUT2D eigenvalue weighted by Crippen LogP contribution is -2.09. The summed E-state index contributed by atoms with van der Waals surface area (Å²) < 4.78 is 30.3. The first kappa shape index (κ1) is 18.5. The van der Waals surface area contributed by atoms with Gasteiger partial charge < -0.3 is 14.0 Å². The number of hydrogen-bond donors (Lipinski definition) is 0. The number of unbranched alkanes of at least 4 members (excludes halogenated alkanes) is 6. The Hall–Kier alpha value is -0.460. The Morgan fingerprint density at radius 1 is 1.00 bits per heavy atom. The third-order valence-electron chi connectivity index (χ3n) is 2.74. The van der Waals surface area contributed by atoms with Crippen LogP contribution in [0.5, 0.6) is 0 Å². The molecule has 0 aromatic rings. The molecule has 0 aliphatic carbocycles. The summed E-state index contributed by atoms with van der Waals surface area (Å²) in [6.07, 6.45) is 7.32. The molecule has 0 saturated carbocycles. The van der Waals surface area contributed by atoms with Gasteiger partial charge in [0, 0.05) is 19.3 Å². The number of carbonyl (C=O) groups is 1. The van der Waals surface area contributed by atoms with Crippen LogP contribution in [0.15, 0.2) is 0 Å². The molecule has 6 heteroatoms. The molecule has 0 aromatic carbocycles. The number of esters is 1. The highest BCUT2D eigenvalue weighted by atomic mass is 32.2. The quantitative estimate of drug-likeness (QED) is 0.295. The first-order chi connectivity index (χ1) is 9.16. The minimum absolute atomic E-state index is 0.157. The van der Waals surface area contributed by atoms with Crippen molar-refractivity contribution in [2.45, 2.75) is 51.4 Å². The van der Waals surface area contributed by atoms with Gasteiger partial charge in [0.15, 0.2) is 0 Å². The van der Waals surface area contributed by atoms with Crippen molar-refractivity contribution in [2.24, 2.45) is 0 Å². The molecular weight excluding hydrogens is 268 g/mol. The number of rotatable bonds is 13. The van der Waals surface area contributed by atoms with Crippen LogP contribution in [0.3, 0.4) is 0 Å². The molecule has 0 bridgehead atoms. The molecule has 114 valence electrons. The Morgan fingerprint density at radius 3 is 2.16 bits per heavy atom. The fourth-order valence-electron chi connectivity index (χ4n) is 1.68. The second-order valence-corrected chi connectivity index (χ2v) is 5.46. The third kappa shape index (κ3) is 15.5. The lowest BCUT2D eigenvalue weighted by molar-refractivity contribution is -0.145. The molecule has 0 spiro atoms. The predicted octanol–water partition coefficient (Wildman–Crippen LogP) is 2.18. The van der Waals surface area contributed by atoms with Gasteiger partial charge in [0.2, 0.25) is 0 Å². The van der Waals surface area contributed by atoms with E-state index in [1.54, 1.807) is 7.11 Å². The van der Waals surface area contributed by atoms with Crippen LogP contribution in [0.25, 0.3) is 0 Å². The van der Waals surface area contributed by atoms with Crippen molar-refractivity contribution in [1.29, 1.82) is 0 Å². The van der Waals surface area contributed by atoms with E-state index >= 15 is 0 Å². The highest BCUT2D eigenvalue weighted by molar-refractivity contribution is 7.79. The van der Waals surface area contributed by atoms with E-state index in [4.69, 9.17) is 9.47 Å². The van der Waals surface area contributed by atoms with Gasteiger partial charge in [-0.05, 0) is 12.8 Å². The molecule has 0 N–H and O–H groups in total. The van der Waals surface area contributed by atoms with Crippen LogP contribution in [0.4, 0.5) is 0 Å². The fraction of sp³-hybridized carbons (Fsp3) is 0.923. The second-order valence-electron chi connectivity index (χ2n) is 4.45. The van der Waals surface area contributed by atoms with Crippen molar-refractivity contribution in [3.05, 3.63) is 0 Å². The summed E-state index contributed by atoms with van der Waals surface area (Å²) in [5, 5.41) is 0. The Bertz CT molecular complexity index is 245. The molecule has 0 amide bonds. The van der Waals surface area contributed by atoms with Gasteiger partial charge in [0.25, 0.3) is 0 Å². The van der Waals surface area contributed by atoms with Gasteiger partial charge >= 0.3 is 5.97 Å². The van der Waals surface area contributed by atoms with E-state index in [1.165, 1.54) is 0 Å². The Labute approximate surface area is 118 Å². The van der Waals surface area contributed by atoms with Crippen molar-refractivity contribution >= 4 is 17.0 Å². The van der Waals surface area contributed by atoms with Crippen LogP contribution in [0.1, 0.15) is 51.4 Å². The average molecular weight is 293 g/mol. The normalized spacial score (nSPS) is 12.3. The smallest absolute Gasteiger partial charge is 0.305 e. The molecule has 1 unspecified atom stereocenters. The summed E-state index contributed by atoms with van der Waals surface area (Å²) in [7, 11) is 1.57. The molecule has 0 fully saturated rings. The van der Waals surface area contributed by atoms with Gasteiger partial charge in [0.1, 0.15) is 6.61 Å². The van der Waals surface area contributed by atoms with Gasteiger partial charge in [-0.25, -0.2) is 0 Å². The average Bonchev–Trinajstić information content (AvgIpc) is 2.36. The van der Waals surface area contributed by atoms with Gasteiger partial charge in [-0.1, -0.05) is 43.2 Å². The largest absolute Gasteiger partial charge is 0.772 e. The zero-order valence-electron chi connectivity index (χ0n) is 11.7. The highest BCUT2D eigenvalue weighted by Gasteiger charge is 2.01. The predicted molar refractivity (Wildman–Crippen MR) is 73.6 cm³/mol. The SMILES string of the molecule is COCCOC(=O)CCCCCCCCCS(=O)[O-]. The number of hydrogen-bond acceptors (Lipinski definition) is 5. The van der Waals surface area contributed by atoms with Crippen molar-refractivity contribution in [1.82, 2.24) is 0 Å². The lowest BCUT2D eigenvalue weighted by Gasteiger charge is -2.05. The van der Waals surface area contributed by atoms with E-state index in [0.717, 1.165) is 44.9 Å². The molecule has 1 atom stereocenters. The summed E-state index contributed by atoms with van der Waals surface area (Å²) >= 11 is -1.90. The Balaban J connectivity index is 3.13. The maximum Gasteiger partial charge on any atom is 0.305 e. The van der Waals surface area contributed by atoms with Crippen LogP contribution >= 0.6 is 0 Å². The standard InChI is InChI=1S/C13H26O5S/c1-17-10-11-18-13(14)9-7-5-3-2-4-6-8-12-19(15)16/h2-12H2,1H3,(H,15,16)/p-1. The number of methoxy groups -OCH3 is 1. The highest BCUT2D eigenvalue weighted by Crippen LogP contribution is 2.09. The van der Waals surface area contributed by atoms with Crippen LogP contribution in [0.2, 0.25) is 0 Å². The van der Waals surface area contributed by atoms with Gasteiger partial charge in [0.05, 0.1) is 6.61 Å². The molecule has 19 heavy (non-hydrogen) atoms. The minimum atomic E-state index is -1.90. The van der Waals surface area contributed by atoms with E-state index in [9.17, 15) is 13.6 Å². The number of carbonyl (C=O) groups excluding carboxylic acids is 1. The first-order valence-electron chi connectivity index (χ1n) is 6.87. The monoisotopic (exact) mass is 293 g/mol. The summed E-state index contributed by atoms with van der Waals surface area (Å²) in [6, 6.07) is 0. The van der Waals surface area contributed by atoms with Crippen LogP contribution in [0, 0.1) is 0 Å². The zero-order valence-corrected chi connectivity index (χ0v) is 12.5. The Kier molecular flexibility index (Phi) is 13.6. The molecule has 0 radical (unpaired) electrons. The Morgan fingerprint density at radius 2 is 1.58 bits per heavy atom. The number of ether oxygens (including phenoxy) is 2. The van der Waals surface area contributed by atoms with E-state index in [0.29, 0.717) is 19.6 Å². The van der Waals surface area contributed by atoms with E-state index in [-0.39, 0.29) is 11.7 Å². The second kappa shape index (κ2) is 14.0. The maximum atomic E-state index is 11.2. The molecule has 0 saturated heterocycles. The van der Waals surface area contributed by atoms with Crippen molar-refractivity contribution in [3.63, 3.8) is 0 Å². The van der Waals surface area contributed by atoms with E-state index in [2.05, 4.69) is 0 Å². The molecule has 0 heterocycles. The first-order valence-corrected chi connectivity index (χ1v) is 8.11. The molecule has 5 nitrogen and oxygen atoms in total. The third-order valence-corrected chi connectivity index (χ3v) is 3.36. The van der Waals surface area contributed by atoms with Crippen molar-refractivity contribution in [3.8, 4) is 0 Å². The van der Waals surface area contributed by atoms with E-state index in [1.807, 2.05) is 0 Å². The molecular formula is C13H25O5S-.